The summed E-state index contributed by atoms with van der Waals surface area (Å²) >= 11 is 2.66. The maximum Gasteiger partial charge on any atom is 0.252 e. The fourth-order valence-corrected chi connectivity index (χ4v) is 13.2. The molecule has 2 aliphatic rings. The van der Waals surface area contributed by atoms with Crippen LogP contribution in [0.3, 0.4) is 0 Å². The Morgan fingerprint density at radius 3 is 1.75 bits per heavy atom. The Balaban J connectivity index is 0.000000169. The van der Waals surface area contributed by atoms with E-state index in [4.69, 9.17) is 21.4 Å². The standard InChI is InChI=1S/C22H29N9O2S2.C20H25N9OS2/c1-14-8-20(34-22(14)35(32,33)28(2)3)26-19-9-18(30-7-5-6-16(30)10-23)27-21-17(12-25-31(19)21)15-11-24-29(4)13-15;1-12-6-18(31-20(12)32(30)22-2)25-17-7-16(28-5-4-14(28)8-21)26-19-15(10-24-29(17)19)13-9-23-27(3)11-13/h8-9,11-13,16,26H,5-7,10,23H2,1-4H3;6-7,9-11,14,22,25H,4-5,8,21H2,1-3H3. The highest BCUT2D eigenvalue weighted by atomic mass is 32.2. The number of nitrogens with zero attached hydrogens (tertiary/aromatic N) is 13. The molecule has 25 heteroatoms. The first kappa shape index (κ1) is 46.3. The second-order valence-electron chi connectivity index (χ2n) is 16.7. The van der Waals surface area contributed by atoms with E-state index < -0.39 is 21.0 Å². The van der Waals surface area contributed by atoms with Gasteiger partial charge in [0.2, 0.25) is 0 Å². The van der Waals surface area contributed by atoms with E-state index in [-0.39, 0.29) is 12.1 Å². The van der Waals surface area contributed by atoms with Gasteiger partial charge < -0.3 is 31.9 Å². The lowest BCUT2D eigenvalue weighted by atomic mass is 10.0. The van der Waals surface area contributed by atoms with Crippen LogP contribution < -0.4 is 36.6 Å². The highest BCUT2D eigenvalue weighted by Gasteiger charge is 2.30. The number of rotatable bonds is 14. The third kappa shape index (κ3) is 8.92. The zero-order valence-corrected chi connectivity index (χ0v) is 41.5. The Labute approximate surface area is 398 Å². The van der Waals surface area contributed by atoms with Crippen LogP contribution in [0.15, 0.2) is 69.9 Å². The molecule has 0 amide bonds. The maximum atomic E-state index is 12.7. The van der Waals surface area contributed by atoms with Crippen molar-refractivity contribution < 1.29 is 12.6 Å². The van der Waals surface area contributed by atoms with Gasteiger partial charge in [0.25, 0.3) is 10.0 Å². The van der Waals surface area contributed by atoms with E-state index in [1.54, 1.807) is 44.8 Å². The Bertz CT molecular complexity index is 3220. The summed E-state index contributed by atoms with van der Waals surface area (Å²) in [5.41, 5.74) is 18.7. The van der Waals surface area contributed by atoms with Crippen molar-refractivity contribution in [1.29, 1.82) is 0 Å². The number of sulfonamides is 1. The van der Waals surface area contributed by atoms with E-state index in [1.165, 1.54) is 41.1 Å². The van der Waals surface area contributed by atoms with Crippen LogP contribution in [0.25, 0.3) is 33.5 Å². The number of aryl methyl sites for hydroxylation is 4. The van der Waals surface area contributed by atoms with Crippen molar-refractivity contribution in [3.8, 4) is 22.3 Å². The fourth-order valence-electron chi connectivity index (χ4n) is 8.28. The minimum atomic E-state index is -3.54. The molecule has 2 fully saturated rings. The van der Waals surface area contributed by atoms with E-state index in [1.807, 2.05) is 70.1 Å². The first-order chi connectivity index (χ1) is 32.2. The second kappa shape index (κ2) is 18.7. The number of anilines is 6. The van der Waals surface area contributed by atoms with Crippen molar-refractivity contribution in [3.63, 3.8) is 0 Å². The van der Waals surface area contributed by atoms with Crippen LogP contribution in [0, 0.1) is 13.8 Å². The average molecular weight is 987 g/mol. The minimum absolute atomic E-state index is 0.225. The van der Waals surface area contributed by atoms with Crippen LogP contribution in [-0.2, 0) is 35.1 Å². The summed E-state index contributed by atoms with van der Waals surface area (Å²) in [5.74, 6) is 3.15. The molecule has 67 heavy (non-hydrogen) atoms. The zero-order valence-electron chi connectivity index (χ0n) is 38.2. The summed E-state index contributed by atoms with van der Waals surface area (Å²) in [5, 5.41) is 26.3. The van der Waals surface area contributed by atoms with Gasteiger partial charge in [-0.2, -0.15) is 29.4 Å². The van der Waals surface area contributed by atoms with Gasteiger partial charge in [0, 0.05) is 113 Å². The van der Waals surface area contributed by atoms with Gasteiger partial charge in [-0.15, -0.1) is 22.7 Å². The molecule has 0 radical (unpaired) electrons. The predicted octanol–water partition coefficient (Wildman–Crippen LogP) is 4.44. The van der Waals surface area contributed by atoms with Crippen molar-refractivity contribution in [2.24, 2.45) is 25.6 Å². The van der Waals surface area contributed by atoms with E-state index in [2.05, 4.69) is 45.6 Å². The van der Waals surface area contributed by atoms with Crippen LogP contribution in [0.4, 0.5) is 33.3 Å². The Morgan fingerprint density at radius 2 is 1.27 bits per heavy atom. The molecule has 0 spiro atoms. The Morgan fingerprint density at radius 1 is 0.746 bits per heavy atom. The maximum absolute atomic E-state index is 12.7. The van der Waals surface area contributed by atoms with E-state index in [0.29, 0.717) is 39.3 Å². The highest BCUT2D eigenvalue weighted by Crippen LogP contribution is 2.38. The normalized spacial score (nSPS) is 16.8. The van der Waals surface area contributed by atoms with Gasteiger partial charge in [0.05, 0.1) is 34.8 Å². The SMILES string of the molecule is CNS(=O)c1sc(Nc2cc(N3CCC3CN)nc3c(-c4cnn(C)c4)cnn23)cc1C.Cc1cc(Nc2cc(N3CCCC3CN)nc3c(-c4cnn(C)c4)cnn23)sc1S(=O)(=O)N(C)C. The average Bonchev–Trinajstić information content (AvgIpc) is 4.15. The predicted molar refractivity (Wildman–Crippen MR) is 266 cm³/mol. The summed E-state index contributed by atoms with van der Waals surface area (Å²) < 4.78 is 49.9. The summed E-state index contributed by atoms with van der Waals surface area (Å²) in [7, 11) is 3.75. The Kier molecular flexibility index (Phi) is 12.9. The fraction of sp³-hybridized carbons (Fsp3) is 0.381. The molecule has 0 aliphatic carbocycles. The van der Waals surface area contributed by atoms with Gasteiger partial charge >= 0.3 is 0 Å². The molecule has 2 saturated heterocycles. The first-order valence-electron chi connectivity index (χ1n) is 21.6. The third-order valence-corrected chi connectivity index (χ3v) is 18.2. The molecule has 21 nitrogen and oxygen atoms in total. The summed E-state index contributed by atoms with van der Waals surface area (Å²) in [6, 6.07) is 8.31. The third-order valence-electron chi connectivity index (χ3n) is 11.9. The number of thiophene rings is 2. The molecular formula is C42H54N18O3S4. The molecule has 354 valence electrons. The molecule has 8 aromatic heterocycles. The number of nitrogens with one attached hydrogen (secondary N) is 3. The minimum Gasteiger partial charge on any atom is -0.352 e. The monoisotopic (exact) mass is 986 g/mol. The molecule has 3 unspecified atom stereocenters. The molecule has 10 rings (SSSR count). The van der Waals surface area contributed by atoms with Gasteiger partial charge in [-0.1, -0.05) is 0 Å². The number of nitrogens with two attached hydrogens (primary N) is 2. The van der Waals surface area contributed by atoms with Gasteiger partial charge in [-0.3, -0.25) is 9.36 Å². The lowest BCUT2D eigenvalue weighted by Crippen LogP contribution is -2.52. The quantitative estimate of drug-likeness (QED) is 0.101. The molecule has 0 bridgehead atoms. The highest BCUT2D eigenvalue weighted by molar-refractivity contribution is 7.91. The van der Waals surface area contributed by atoms with Crippen molar-refractivity contribution in [2.75, 3.05) is 67.8 Å². The summed E-state index contributed by atoms with van der Waals surface area (Å²) in [6.45, 7) is 6.71. The van der Waals surface area contributed by atoms with Gasteiger partial charge in [-0.05, 0) is 63.4 Å². The molecule has 2 aliphatic heterocycles. The number of hydrogen-bond acceptors (Lipinski definition) is 17. The molecule has 10 heterocycles. The second-order valence-corrected chi connectivity index (χ2v) is 22.7. The summed E-state index contributed by atoms with van der Waals surface area (Å²) in [4.78, 5) is 14.4. The lowest BCUT2D eigenvalue weighted by molar-refractivity contribution is 0.452. The molecule has 0 saturated carbocycles. The van der Waals surface area contributed by atoms with E-state index in [0.717, 1.165) is 92.5 Å². The first-order valence-corrected chi connectivity index (χ1v) is 25.8. The van der Waals surface area contributed by atoms with Gasteiger partial charge in [-0.25, -0.2) is 31.6 Å². The van der Waals surface area contributed by atoms with Crippen LogP contribution >= 0.6 is 22.7 Å². The molecule has 7 N–H and O–H groups in total. The zero-order chi connectivity index (χ0) is 47.3. The molecule has 3 atom stereocenters. The number of hydrogen-bond donors (Lipinski definition) is 5. The van der Waals surface area contributed by atoms with Crippen molar-refractivity contribution in [3.05, 3.63) is 72.6 Å². The van der Waals surface area contributed by atoms with Gasteiger partial charge in [0.1, 0.15) is 42.7 Å². The van der Waals surface area contributed by atoms with Crippen molar-refractivity contribution >= 4 is 88.3 Å². The number of fused-ring (bicyclic) bond motifs is 2. The summed E-state index contributed by atoms with van der Waals surface area (Å²) in [6.07, 6.45) is 14.2. The van der Waals surface area contributed by atoms with Crippen molar-refractivity contribution in [2.45, 2.75) is 53.6 Å². The largest absolute Gasteiger partial charge is 0.352 e. The van der Waals surface area contributed by atoms with Crippen LogP contribution in [-0.4, -0.2) is 125 Å². The molecule has 0 aromatic carbocycles. The molecular weight excluding hydrogens is 933 g/mol. The topological polar surface area (TPSA) is 245 Å². The van der Waals surface area contributed by atoms with Crippen LogP contribution in [0.5, 0.6) is 0 Å². The van der Waals surface area contributed by atoms with E-state index >= 15 is 0 Å². The van der Waals surface area contributed by atoms with Crippen molar-refractivity contribution in [1.82, 2.24) is 57.8 Å². The van der Waals surface area contributed by atoms with E-state index in [9.17, 15) is 12.6 Å². The smallest absolute Gasteiger partial charge is 0.252 e. The Hall–Kier alpha value is -5.80. The lowest BCUT2D eigenvalue weighted by Gasteiger charge is -2.41. The van der Waals surface area contributed by atoms with Gasteiger partial charge in [0.15, 0.2) is 11.3 Å². The van der Waals surface area contributed by atoms with Crippen LogP contribution in [0.2, 0.25) is 0 Å². The molecule has 8 aromatic rings. The van der Waals surface area contributed by atoms with Crippen LogP contribution in [0.1, 0.15) is 30.4 Å². The number of aromatic nitrogens is 10.